The molecule has 0 spiro atoms. The number of carbonyl (C=O) groups is 1. The second-order valence-corrected chi connectivity index (χ2v) is 7.86. The number of nitrogens with zero attached hydrogens (tertiary/aromatic N) is 2. The fourth-order valence-corrected chi connectivity index (χ4v) is 3.57. The molecule has 2 N–H and O–H groups in total. The van der Waals surface area contributed by atoms with Crippen LogP contribution in [0.5, 0.6) is 0 Å². The first-order chi connectivity index (χ1) is 12.9. The van der Waals surface area contributed by atoms with E-state index in [1.54, 1.807) is 24.3 Å². The highest BCUT2D eigenvalue weighted by Gasteiger charge is 2.23. The minimum absolute atomic E-state index is 0.0287. The Labute approximate surface area is 166 Å². The van der Waals surface area contributed by atoms with E-state index in [-0.39, 0.29) is 11.9 Å². The maximum atomic E-state index is 12.4. The van der Waals surface area contributed by atoms with E-state index >= 15 is 0 Å². The smallest absolute Gasteiger partial charge is 0.251 e. The molecule has 2 aromatic rings. The van der Waals surface area contributed by atoms with E-state index in [0.717, 1.165) is 42.9 Å². The molecule has 6 heteroatoms. The van der Waals surface area contributed by atoms with Crippen molar-refractivity contribution in [2.75, 3.05) is 24.3 Å². The highest BCUT2D eigenvalue weighted by molar-refractivity contribution is 6.30. The quantitative estimate of drug-likeness (QED) is 0.806. The fraction of sp³-hybridized carbons (Fsp3) is 0.429. The van der Waals surface area contributed by atoms with Crippen molar-refractivity contribution in [3.8, 4) is 0 Å². The molecule has 27 heavy (non-hydrogen) atoms. The third-order valence-corrected chi connectivity index (χ3v) is 5.23. The number of benzene rings is 1. The Morgan fingerprint density at radius 3 is 2.33 bits per heavy atom. The van der Waals surface area contributed by atoms with Crippen LogP contribution in [0.4, 0.5) is 11.5 Å². The maximum Gasteiger partial charge on any atom is 0.251 e. The lowest BCUT2D eigenvalue weighted by atomic mass is 9.91. The summed E-state index contributed by atoms with van der Waals surface area (Å²) in [5, 5.41) is 7.34. The number of amides is 1. The molecule has 1 saturated carbocycles. The van der Waals surface area contributed by atoms with Crippen LogP contribution in [0.2, 0.25) is 5.02 Å². The lowest BCUT2D eigenvalue weighted by molar-refractivity contribution is 0.0926. The predicted molar refractivity (Wildman–Crippen MR) is 112 cm³/mol. The van der Waals surface area contributed by atoms with E-state index in [0.29, 0.717) is 16.6 Å². The van der Waals surface area contributed by atoms with Crippen molar-refractivity contribution in [1.82, 2.24) is 10.3 Å². The van der Waals surface area contributed by atoms with Crippen LogP contribution >= 0.6 is 11.6 Å². The van der Waals surface area contributed by atoms with Gasteiger partial charge in [0.1, 0.15) is 5.82 Å². The molecule has 1 aliphatic rings. The molecule has 0 unspecified atom stereocenters. The molecule has 0 aliphatic heterocycles. The van der Waals surface area contributed by atoms with Crippen LogP contribution < -0.4 is 15.5 Å². The Balaban J connectivity index is 1.52. The van der Waals surface area contributed by atoms with E-state index < -0.39 is 0 Å². The number of aromatic nitrogens is 1. The number of rotatable bonds is 5. The molecule has 0 bridgehead atoms. The van der Waals surface area contributed by atoms with Crippen molar-refractivity contribution in [1.29, 1.82) is 0 Å². The first kappa shape index (κ1) is 19.5. The van der Waals surface area contributed by atoms with Crippen molar-refractivity contribution >= 4 is 29.0 Å². The molecular weight excluding hydrogens is 360 g/mol. The molecule has 0 radical (unpaired) electrons. The van der Waals surface area contributed by atoms with Gasteiger partial charge in [0.05, 0.1) is 0 Å². The van der Waals surface area contributed by atoms with Gasteiger partial charge in [0.15, 0.2) is 0 Å². The lowest BCUT2D eigenvalue weighted by Gasteiger charge is -2.30. The van der Waals surface area contributed by atoms with Crippen molar-refractivity contribution in [3.63, 3.8) is 0 Å². The molecular formula is C21H27ClN4O. The number of halogens is 1. The Morgan fingerprint density at radius 1 is 1.07 bits per heavy atom. The SMILES string of the molecule is Cc1cc(N(C)C)cc(N[C@H]2CC[C@@H](NC(=O)c3ccc(Cl)cc3)CC2)n1. The molecule has 1 heterocycles. The molecule has 1 fully saturated rings. The van der Waals surface area contributed by atoms with Gasteiger partial charge in [0, 0.05) is 54.2 Å². The second kappa shape index (κ2) is 8.61. The molecule has 5 nitrogen and oxygen atoms in total. The van der Waals surface area contributed by atoms with Crippen LogP contribution in [0, 0.1) is 6.92 Å². The molecule has 1 aromatic heterocycles. The van der Waals surface area contributed by atoms with Crippen molar-refractivity contribution < 1.29 is 4.79 Å². The van der Waals surface area contributed by atoms with Crippen LogP contribution in [-0.4, -0.2) is 37.1 Å². The Hall–Kier alpha value is -2.27. The van der Waals surface area contributed by atoms with E-state index in [1.165, 1.54) is 0 Å². The van der Waals surface area contributed by atoms with E-state index in [1.807, 2.05) is 21.0 Å². The zero-order valence-corrected chi connectivity index (χ0v) is 16.9. The fourth-order valence-electron chi connectivity index (χ4n) is 3.44. The van der Waals surface area contributed by atoms with Gasteiger partial charge in [-0.05, 0) is 62.9 Å². The minimum atomic E-state index is -0.0287. The molecule has 0 atom stereocenters. The Bertz CT molecular complexity index is 783. The average Bonchev–Trinajstić information content (AvgIpc) is 2.63. The van der Waals surface area contributed by atoms with Gasteiger partial charge in [0.2, 0.25) is 0 Å². The van der Waals surface area contributed by atoms with Gasteiger partial charge in [-0.1, -0.05) is 11.6 Å². The summed E-state index contributed by atoms with van der Waals surface area (Å²) in [5.41, 5.74) is 2.81. The minimum Gasteiger partial charge on any atom is -0.377 e. The molecule has 1 aromatic carbocycles. The van der Waals surface area contributed by atoms with Crippen LogP contribution in [0.15, 0.2) is 36.4 Å². The monoisotopic (exact) mass is 386 g/mol. The highest BCUT2D eigenvalue weighted by Crippen LogP contribution is 2.24. The molecule has 144 valence electrons. The summed E-state index contributed by atoms with van der Waals surface area (Å²) in [6.45, 7) is 2.02. The zero-order valence-electron chi connectivity index (χ0n) is 16.1. The summed E-state index contributed by atoms with van der Waals surface area (Å²) < 4.78 is 0. The molecule has 1 aliphatic carbocycles. The normalized spacial score (nSPS) is 19.4. The molecule has 0 saturated heterocycles. The summed E-state index contributed by atoms with van der Waals surface area (Å²) in [5.74, 6) is 0.895. The third kappa shape index (κ3) is 5.36. The van der Waals surface area contributed by atoms with Crippen molar-refractivity contribution in [2.45, 2.75) is 44.7 Å². The number of aryl methyl sites for hydroxylation is 1. The lowest BCUT2D eigenvalue weighted by Crippen LogP contribution is -2.40. The Morgan fingerprint density at radius 2 is 1.70 bits per heavy atom. The summed E-state index contributed by atoms with van der Waals surface area (Å²) in [6, 6.07) is 11.8. The van der Waals surface area contributed by atoms with Crippen LogP contribution in [0.25, 0.3) is 0 Å². The molecule has 3 rings (SSSR count). The second-order valence-electron chi connectivity index (χ2n) is 7.42. The van der Waals surface area contributed by atoms with Crippen molar-refractivity contribution in [2.24, 2.45) is 0 Å². The number of hydrogen-bond donors (Lipinski definition) is 2. The summed E-state index contributed by atoms with van der Waals surface area (Å²) >= 11 is 5.88. The summed E-state index contributed by atoms with van der Waals surface area (Å²) in [7, 11) is 4.07. The number of anilines is 2. The highest BCUT2D eigenvalue weighted by atomic mass is 35.5. The van der Waals surface area contributed by atoms with Gasteiger partial charge < -0.3 is 15.5 Å². The van der Waals surface area contributed by atoms with Gasteiger partial charge in [-0.15, -0.1) is 0 Å². The van der Waals surface area contributed by atoms with Crippen LogP contribution in [0.3, 0.4) is 0 Å². The third-order valence-electron chi connectivity index (χ3n) is 4.98. The van der Waals surface area contributed by atoms with Gasteiger partial charge in [-0.25, -0.2) is 4.98 Å². The van der Waals surface area contributed by atoms with Gasteiger partial charge in [-0.2, -0.15) is 0 Å². The Kier molecular flexibility index (Phi) is 6.22. The van der Waals surface area contributed by atoms with Gasteiger partial charge in [0.25, 0.3) is 5.91 Å². The number of hydrogen-bond acceptors (Lipinski definition) is 4. The largest absolute Gasteiger partial charge is 0.377 e. The van der Waals surface area contributed by atoms with Gasteiger partial charge >= 0.3 is 0 Å². The van der Waals surface area contributed by atoms with Crippen LogP contribution in [-0.2, 0) is 0 Å². The number of nitrogens with one attached hydrogen (secondary N) is 2. The predicted octanol–water partition coefficient (Wildman–Crippen LogP) is 4.26. The summed E-state index contributed by atoms with van der Waals surface area (Å²) in [4.78, 5) is 19.0. The zero-order chi connectivity index (χ0) is 19.4. The first-order valence-corrected chi connectivity index (χ1v) is 9.77. The summed E-state index contributed by atoms with van der Waals surface area (Å²) in [6.07, 6.45) is 3.95. The number of carbonyl (C=O) groups excluding carboxylic acids is 1. The average molecular weight is 387 g/mol. The van der Waals surface area contributed by atoms with E-state index in [4.69, 9.17) is 11.6 Å². The van der Waals surface area contributed by atoms with Gasteiger partial charge in [-0.3, -0.25) is 4.79 Å². The van der Waals surface area contributed by atoms with Crippen LogP contribution in [0.1, 0.15) is 41.7 Å². The van der Waals surface area contributed by atoms with E-state index in [2.05, 4.69) is 32.7 Å². The molecule has 1 amide bonds. The van der Waals surface area contributed by atoms with Crippen molar-refractivity contribution in [3.05, 3.63) is 52.7 Å². The maximum absolute atomic E-state index is 12.4. The first-order valence-electron chi connectivity index (χ1n) is 9.39. The topological polar surface area (TPSA) is 57.3 Å². The number of pyridine rings is 1. The standard InChI is InChI=1S/C21H27ClN4O/c1-14-12-19(26(2)3)13-20(23-14)24-17-8-10-18(11-9-17)25-21(27)15-4-6-16(22)7-5-15/h4-7,12-13,17-18H,8-11H2,1-3H3,(H,23,24)(H,25,27)/t17-,18+. The van der Waals surface area contributed by atoms with E-state index in [9.17, 15) is 4.79 Å².